The number of allylic oxidation sites excluding steroid dienone is 2. The lowest BCUT2D eigenvalue weighted by Crippen LogP contribution is -1.83. The molecule has 0 aliphatic carbocycles. The maximum absolute atomic E-state index is 2.40. The molecular formula is C11H22. The molecule has 0 aliphatic heterocycles. The van der Waals surface area contributed by atoms with E-state index in [2.05, 4.69) is 26.8 Å². The van der Waals surface area contributed by atoms with Crippen LogP contribution in [0.3, 0.4) is 0 Å². The molecule has 66 valence electrons. The van der Waals surface area contributed by atoms with Crippen LogP contribution in [0.15, 0.2) is 11.6 Å². The second kappa shape index (κ2) is 7.84. The summed E-state index contributed by atoms with van der Waals surface area (Å²) in [5.41, 5.74) is 1.68. The lowest BCUT2D eigenvalue weighted by atomic mass is 10.0. The molecule has 0 aliphatic rings. The van der Waals surface area contributed by atoms with Gasteiger partial charge < -0.3 is 0 Å². The number of unbranched alkanes of at least 4 members (excludes halogenated alkanes) is 1. The molecule has 0 saturated carbocycles. The van der Waals surface area contributed by atoms with Crippen LogP contribution in [-0.2, 0) is 0 Å². The van der Waals surface area contributed by atoms with Crippen molar-refractivity contribution in [2.24, 2.45) is 0 Å². The first kappa shape index (κ1) is 10.7. The van der Waals surface area contributed by atoms with Gasteiger partial charge in [0.15, 0.2) is 0 Å². The van der Waals surface area contributed by atoms with Gasteiger partial charge in [0.1, 0.15) is 0 Å². The maximum atomic E-state index is 2.40. The highest BCUT2D eigenvalue weighted by molar-refractivity contribution is 5.00. The SMILES string of the molecule is CC/C=C(\CCC)CCCC. The molecule has 0 spiro atoms. The van der Waals surface area contributed by atoms with Gasteiger partial charge in [0.05, 0.1) is 0 Å². The van der Waals surface area contributed by atoms with Crippen LogP contribution in [0.5, 0.6) is 0 Å². The van der Waals surface area contributed by atoms with Crippen LogP contribution >= 0.6 is 0 Å². The van der Waals surface area contributed by atoms with E-state index in [1.807, 2.05) is 0 Å². The summed E-state index contributed by atoms with van der Waals surface area (Å²) < 4.78 is 0. The van der Waals surface area contributed by atoms with E-state index in [9.17, 15) is 0 Å². The number of hydrogen-bond acceptors (Lipinski definition) is 0. The zero-order valence-corrected chi connectivity index (χ0v) is 8.32. The molecule has 0 aromatic carbocycles. The molecule has 0 aromatic heterocycles. The van der Waals surface area contributed by atoms with Crippen molar-refractivity contribution in [3.8, 4) is 0 Å². The van der Waals surface area contributed by atoms with Gasteiger partial charge in [-0.1, -0.05) is 45.3 Å². The molecule has 0 amide bonds. The standard InChI is InChI=1S/C11H22/c1-4-7-10-11(8-5-2)9-6-3/h8H,4-7,9-10H2,1-3H3/b11-8+. The van der Waals surface area contributed by atoms with Crippen LogP contribution in [0.1, 0.15) is 59.3 Å². The fourth-order valence-corrected chi connectivity index (χ4v) is 1.34. The normalized spacial score (nSPS) is 12.1. The summed E-state index contributed by atoms with van der Waals surface area (Å²) >= 11 is 0. The Morgan fingerprint density at radius 1 is 1.00 bits per heavy atom. The third kappa shape index (κ3) is 6.15. The van der Waals surface area contributed by atoms with Crippen LogP contribution in [0.4, 0.5) is 0 Å². The molecule has 0 heterocycles. The maximum Gasteiger partial charge on any atom is -0.0320 e. The average Bonchev–Trinajstić information content (AvgIpc) is 2.01. The highest BCUT2D eigenvalue weighted by atomic mass is 14.0. The predicted molar refractivity (Wildman–Crippen MR) is 52.8 cm³/mol. The molecule has 0 radical (unpaired) electrons. The Balaban J connectivity index is 3.60. The monoisotopic (exact) mass is 154 g/mol. The fourth-order valence-electron chi connectivity index (χ4n) is 1.34. The minimum atomic E-state index is 1.21. The Kier molecular flexibility index (Phi) is 7.66. The van der Waals surface area contributed by atoms with Crippen LogP contribution < -0.4 is 0 Å². The highest BCUT2D eigenvalue weighted by Crippen LogP contribution is 2.13. The highest BCUT2D eigenvalue weighted by Gasteiger charge is 1.93. The zero-order chi connectivity index (χ0) is 8.53. The van der Waals surface area contributed by atoms with Gasteiger partial charge in [0.2, 0.25) is 0 Å². The van der Waals surface area contributed by atoms with Crippen LogP contribution in [0, 0.1) is 0 Å². The second-order valence-corrected chi connectivity index (χ2v) is 3.12. The first-order valence-corrected chi connectivity index (χ1v) is 5.03. The minimum Gasteiger partial charge on any atom is -0.0856 e. The van der Waals surface area contributed by atoms with Crippen molar-refractivity contribution in [3.05, 3.63) is 11.6 Å². The molecular weight excluding hydrogens is 132 g/mol. The molecule has 0 atom stereocenters. The van der Waals surface area contributed by atoms with E-state index in [0.29, 0.717) is 0 Å². The van der Waals surface area contributed by atoms with E-state index in [1.165, 1.54) is 38.5 Å². The Morgan fingerprint density at radius 3 is 2.18 bits per heavy atom. The Hall–Kier alpha value is -0.260. The summed E-state index contributed by atoms with van der Waals surface area (Å²) in [6.45, 7) is 6.74. The zero-order valence-electron chi connectivity index (χ0n) is 8.32. The van der Waals surface area contributed by atoms with E-state index in [1.54, 1.807) is 5.57 Å². The van der Waals surface area contributed by atoms with E-state index >= 15 is 0 Å². The second-order valence-electron chi connectivity index (χ2n) is 3.12. The summed E-state index contributed by atoms with van der Waals surface area (Å²) in [4.78, 5) is 0. The fraction of sp³-hybridized carbons (Fsp3) is 0.818. The van der Waals surface area contributed by atoms with Gasteiger partial charge in [-0.2, -0.15) is 0 Å². The number of hydrogen-bond donors (Lipinski definition) is 0. The van der Waals surface area contributed by atoms with Crippen molar-refractivity contribution >= 4 is 0 Å². The third-order valence-electron chi connectivity index (χ3n) is 1.92. The molecule has 0 aromatic rings. The molecule has 0 bridgehead atoms. The Bertz CT molecular complexity index is 101. The summed E-state index contributed by atoms with van der Waals surface area (Å²) in [5.74, 6) is 0. The van der Waals surface area contributed by atoms with E-state index in [0.717, 1.165) is 0 Å². The smallest absolute Gasteiger partial charge is 0.0320 e. The van der Waals surface area contributed by atoms with Crippen molar-refractivity contribution in [3.63, 3.8) is 0 Å². The van der Waals surface area contributed by atoms with E-state index in [-0.39, 0.29) is 0 Å². The number of rotatable bonds is 6. The average molecular weight is 154 g/mol. The van der Waals surface area contributed by atoms with Gasteiger partial charge in [-0.25, -0.2) is 0 Å². The molecule has 0 saturated heterocycles. The molecule has 0 nitrogen and oxygen atoms in total. The lowest BCUT2D eigenvalue weighted by molar-refractivity contribution is 0.738. The van der Waals surface area contributed by atoms with Crippen LogP contribution in [0.2, 0.25) is 0 Å². The first-order chi connectivity index (χ1) is 5.35. The molecule has 0 N–H and O–H groups in total. The molecule has 0 fully saturated rings. The molecule has 11 heavy (non-hydrogen) atoms. The Labute approximate surface area is 71.7 Å². The van der Waals surface area contributed by atoms with Gasteiger partial charge in [0, 0.05) is 0 Å². The topological polar surface area (TPSA) is 0 Å². The largest absolute Gasteiger partial charge is 0.0856 e. The Morgan fingerprint density at radius 2 is 1.73 bits per heavy atom. The molecule has 0 rings (SSSR count). The van der Waals surface area contributed by atoms with Crippen molar-refractivity contribution < 1.29 is 0 Å². The van der Waals surface area contributed by atoms with E-state index < -0.39 is 0 Å². The summed E-state index contributed by atoms with van der Waals surface area (Å²) in [6.07, 6.45) is 10.2. The molecule has 0 heteroatoms. The minimum absolute atomic E-state index is 1.21. The first-order valence-electron chi connectivity index (χ1n) is 5.03. The molecule has 0 unspecified atom stereocenters. The van der Waals surface area contributed by atoms with Crippen LogP contribution in [-0.4, -0.2) is 0 Å². The van der Waals surface area contributed by atoms with Crippen LogP contribution in [0.25, 0.3) is 0 Å². The van der Waals surface area contributed by atoms with Crippen molar-refractivity contribution in [2.45, 2.75) is 59.3 Å². The van der Waals surface area contributed by atoms with Crippen molar-refractivity contribution in [1.82, 2.24) is 0 Å². The third-order valence-corrected chi connectivity index (χ3v) is 1.92. The van der Waals surface area contributed by atoms with Crippen molar-refractivity contribution in [1.29, 1.82) is 0 Å². The predicted octanol–water partition coefficient (Wildman–Crippen LogP) is 4.31. The quantitative estimate of drug-likeness (QED) is 0.500. The summed E-state index contributed by atoms with van der Waals surface area (Å²) in [7, 11) is 0. The lowest BCUT2D eigenvalue weighted by Gasteiger charge is -2.03. The summed E-state index contributed by atoms with van der Waals surface area (Å²) in [5, 5.41) is 0. The van der Waals surface area contributed by atoms with Gasteiger partial charge in [-0.3, -0.25) is 0 Å². The van der Waals surface area contributed by atoms with E-state index in [4.69, 9.17) is 0 Å². The van der Waals surface area contributed by atoms with Gasteiger partial charge in [0.25, 0.3) is 0 Å². The summed E-state index contributed by atoms with van der Waals surface area (Å²) in [6, 6.07) is 0. The van der Waals surface area contributed by atoms with Crippen molar-refractivity contribution in [2.75, 3.05) is 0 Å². The van der Waals surface area contributed by atoms with Gasteiger partial charge in [-0.15, -0.1) is 0 Å². The van der Waals surface area contributed by atoms with Gasteiger partial charge >= 0.3 is 0 Å². The van der Waals surface area contributed by atoms with Gasteiger partial charge in [-0.05, 0) is 25.7 Å².